The van der Waals surface area contributed by atoms with E-state index < -0.39 is 69.7 Å². The van der Waals surface area contributed by atoms with E-state index in [-0.39, 0.29) is 44.7 Å². The van der Waals surface area contributed by atoms with Gasteiger partial charge in [0, 0.05) is 25.2 Å². The second kappa shape index (κ2) is 9.83. The van der Waals surface area contributed by atoms with E-state index in [4.69, 9.17) is 4.74 Å². The molecule has 40 heavy (non-hydrogen) atoms. The van der Waals surface area contributed by atoms with Crippen molar-refractivity contribution in [2.75, 3.05) is 31.6 Å². The summed E-state index contributed by atoms with van der Waals surface area (Å²) < 4.78 is 20.8. The number of morpholine rings is 1. The van der Waals surface area contributed by atoms with Crippen LogP contribution in [0.5, 0.6) is 0 Å². The number of ether oxygens (including phenoxy) is 1. The molecule has 0 bridgehead atoms. The number of hydrogen-bond donors (Lipinski definition) is 8. The molecule has 8 N–H and O–H groups in total. The molecule has 2 aromatic rings. The Morgan fingerprint density at radius 2 is 1.65 bits per heavy atom. The number of fused-ring (bicyclic) bond motifs is 1. The van der Waals surface area contributed by atoms with Crippen LogP contribution >= 0.6 is 0 Å². The van der Waals surface area contributed by atoms with E-state index in [2.05, 4.69) is 5.32 Å². The van der Waals surface area contributed by atoms with E-state index in [9.17, 15) is 45.0 Å². The lowest BCUT2D eigenvalue weighted by molar-refractivity contribution is -0.288. The van der Waals surface area contributed by atoms with Crippen LogP contribution in [0.3, 0.4) is 0 Å². The maximum Gasteiger partial charge on any atom is 0.281 e. The number of aliphatic hydroxyl groups is 6. The molecule has 0 spiro atoms. The average molecular weight is 563 g/mol. The molecule has 2 saturated heterocycles. The van der Waals surface area contributed by atoms with Crippen LogP contribution in [0.1, 0.15) is 39.9 Å². The second-order valence-corrected chi connectivity index (χ2v) is 9.70. The standard InChI is InChI=1S/C25H27FN4O10/c26-20-14(4-2-5-15(20)24(36,37)29-9-11-40-12-10-29)23(34,35)28-16-6-1-3-13-19(16)25(38,39)30(22(13)33)17-7-8-18(31)27-21(17)32/h1-6,17,28,34-39H,7-12H2,(H,27,31,32). The Morgan fingerprint density at radius 3 is 2.33 bits per heavy atom. The number of imide groups is 1. The molecule has 0 saturated carbocycles. The lowest BCUT2D eigenvalue weighted by Gasteiger charge is -2.38. The Kier molecular flexibility index (Phi) is 6.88. The number of nitrogens with zero attached hydrogens (tertiary/aromatic N) is 2. The molecule has 15 heteroatoms. The summed E-state index contributed by atoms with van der Waals surface area (Å²) in [6.07, 6.45) is -0.351. The highest BCUT2D eigenvalue weighted by Gasteiger charge is 2.55. The Morgan fingerprint density at radius 1 is 1.00 bits per heavy atom. The van der Waals surface area contributed by atoms with Gasteiger partial charge < -0.3 is 40.7 Å². The number of carbonyl (C=O) groups excluding carboxylic acids is 3. The zero-order valence-corrected chi connectivity index (χ0v) is 20.9. The minimum Gasteiger partial charge on any atom is -0.379 e. The Balaban J connectivity index is 1.49. The third-order valence-electron chi connectivity index (χ3n) is 7.20. The summed E-state index contributed by atoms with van der Waals surface area (Å²) >= 11 is 0. The van der Waals surface area contributed by atoms with Crippen LogP contribution in [0.4, 0.5) is 10.1 Å². The number of hydrogen-bond acceptors (Lipinski definition) is 12. The molecule has 0 aliphatic carbocycles. The fraction of sp³-hybridized carbons (Fsp3) is 0.400. The number of amides is 3. The summed E-state index contributed by atoms with van der Waals surface area (Å²) in [5, 5.41) is 69.6. The average Bonchev–Trinajstić information content (AvgIpc) is 3.10. The van der Waals surface area contributed by atoms with Crippen molar-refractivity contribution in [2.24, 2.45) is 0 Å². The van der Waals surface area contributed by atoms with Crippen molar-refractivity contribution in [3.05, 3.63) is 64.5 Å². The van der Waals surface area contributed by atoms with Gasteiger partial charge in [-0.05, 0) is 30.7 Å². The molecule has 5 rings (SSSR count). The summed E-state index contributed by atoms with van der Waals surface area (Å²) in [7, 11) is 0. The summed E-state index contributed by atoms with van der Waals surface area (Å²) in [4.78, 5) is 38.7. The Hall–Kier alpha value is -3.54. The molecule has 3 heterocycles. The second-order valence-electron chi connectivity index (χ2n) is 9.70. The van der Waals surface area contributed by atoms with Crippen LogP contribution in [0.2, 0.25) is 0 Å². The lowest BCUT2D eigenvalue weighted by atomic mass is 10.0. The highest BCUT2D eigenvalue weighted by atomic mass is 19.1. The van der Waals surface area contributed by atoms with Crippen molar-refractivity contribution in [3.63, 3.8) is 0 Å². The topological polar surface area (TPSA) is 212 Å². The maximum absolute atomic E-state index is 15.6. The first-order chi connectivity index (χ1) is 18.8. The molecule has 0 radical (unpaired) electrons. The molecular weight excluding hydrogens is 535 g/mol. The van der Waals surface area contributed by atoms with Gasteiger partial charge in [0.2, 0.25) is 11.8 Å². The fourth-order valence-electron chi connectivity index (χ4n) is 5.24. The Labute approximate surface area is 225 Å². The number of anilines is 1. The van der Waals surface area contributed by atoms with Gasteiger partial charge in [0.05, 0.1) is 35.5 Å². The number of piperidine rings is 1. The van der Waals surface area contributed by atoms with Gasteiger partial charge in [-0.25, -0.2) is 9.29 Å². The monoisotopic (exact) mass is 562 g/mol. The van der Waals surface area contributed by atoms with Crippen molar-refractivity contribution in [1.29, 1.82) is 0 Å². The third kappa shape index (κ3) is 4.51. The predicted octanol–water partition coefficient (Wildman–Crippen LogP) is -2.18. The summed E-state index contributed by atoms with van der Waals surface area (Å²) in [6.45, 7) is 0.434. The molecule has 1 atom stereocenters. The van der Waals surface area contributed by atoms with Gasteiger partial charge in [0.15, 0.2) is 0 Å². The number of nitrogens with one attached hydrogen (secondary N) is 2. The largest absolute Gasteiger partial charge is 0.379 e. The van der Waals surface area contributed by atoms with Crippen LogP contribution in [0.15, 0.2) is 36.4 Å². The molecule has 2 fully saturated rings. The first-order valence-electron chi connectivity index (χ1n) is 12.3. The van der Waals surface area contributed by atoms with Gasteiger partial charge in [0.25, 0.3) is 23.6 Å². The molecule has 14 nitrogen and oxygen atoms in total. The Bertz CT molecular complexity index is 1380. The highest BCUT2D eigenvalue weighted by molar-refractivity contribution is 6.06. The molecule has 3 aliphatic heterocycles. The number of halogens is 1. The van der Waals surface area contributed by atoms with E-state index in [1.54, 1.807) is 0 Å². The van der Waals surface area contributed by atoms with Crippen LogP contribution in [-0.2, 0) is 32.1 Å². The normalized spacial score (nSPS) is 21.8. The van der Waals surface area contributed by atoms with Gasteiger partial charge in [-0.2, -0.15) is 0 Å². The molecule has 214 valence electrons. The van der Waals surface area contributed by atoms with Gasteiger partial charge in [-0.1, -0.05) is 12.1 Å². The maximum atomic E-state index is 15.6. The first kappa shape index (κ1) is 28.0. The number of carbonyl (C=O) groups is 3. The van der Waals surface area contributed by atoms with Gasteiger partial charge >= 0.3 is 0 Å². The van der Waals surface area contributed by atoms with Gasteiger partial charge in [-0.15, -0.1) is 0 Å². The molecule has 1 unspecified atom stereocenters. The summed E-state index contributed by atoms with van der Waals surface area (Å²) in [6, 6.07) is 5.37. The van der Waals surface area contributed by atoms with E-state index in [0.29, 0.717) is 4.90 Å². The lowest BCUT2D eigenvalue weighted by Crippen LogP contribution is -2.58. The zero-order valence-electron chi connectivity index (χ0n) is 20.9. The summed E-state index contributed by atoms with van der Waals surface area (Å²) in [5.74, 6) is -13.1. The van der Waals surface area contributed by atoms with Gasteiger partial charge in [-0.3, -0.25) is 24.6 Å². The van der Waals surface area contributed by atoms with Crippen LogP contribution in [0.25, 0.3) is 0 Å². The van der Waals surface area contributed by atoms with Crippen molar-refractivity contribution >= 4 is 23.4 Å². The van der Waals surface area contributed by atoms with E-state index in [0.717, 1.165) is 29.2 Å². The van der Waals surface area contributed by atoms with Crippen molar-refractivity contribution < 1.29 is 54.2 Å². The van der Waals surface area contributed by atoms with Crippen molar-refractivity contribution in [1.82, 2.24) is 15.1 Å². The molecule has 0 aromatic heterocycles. The fourth-order valence-corrected chi connectivity index (χ4v) is 5.24. The predicted molar refractivity (Wildman–Crippen MR) is 130 cm³/mol. The van der Waals surface area contributed by atoms with Crippen LogP contribution < -0.4 is 10.6 Å². The SMILES string of the molecule is O=C1CCC(N2C(=O)c3cccc(NC(O)(O)c4cccc(C(O)(O)N5CCOCC5)c4F)c3C2(O)O)C(=O)N1. The van der Waals surface area contributed by atoms with Crippen molar-refractivity contribution in [3.8, 4) is 0 Å². The smallest absolute Gasteiger partial charge is 0.281 e. The van der Waals surface area contributed by atoms with E-state index >= 15 is 4.39 Å². The van der Waals surface area contributed by atoms with Gasteiger partial charge in [0.1, 0.15) is 11.9 Å². The number of benzene rings is 2. The first-order valence-corrected chi connectivity index (χ1v) is 12.3. The minimum atomic E-state index is -3.28. The molecular formula is C25H27FN4O10. The van der Waals surface area contributed by atoms with Crippen LogP contribution in [0, 0.1) is 5.82 Å². The zero-order chi connectivity index (χ0) is 29.0. The molecule has 2 aromatic carbocycles. The third-order valence-corrected chi connectivity index (χ3v) is 7.20. The minimum absolute atomic E-state index is 0.0568. The molecule has 3 aliphatic rings. The molecule has 3 amide bonds. The van der Waals surface area contributed by atoms with E-state index in [1.165, 1.54) is 12.1 Å². The number of rotatable bonds is 6. The quantitative estimate of drug-likeness (QED) is 0.139. The summed E-state index contributed by atoms with van der Waals surface area (Å²) in [5.41, 5.74) is -2.82. The highest BCUT2D eigenvalue weighted by Crippen LogP contribution is 2.43. The van der Waals surface area contributed by atoms with Crippen LogP contribution in [-0.4, -0.2) is 90.5 Å². The van der Waals surface area contributed by atoms with E-state index in [1.807, 2.05) is 5.32 Å². The van der Waals surface area contributed by atoms with Crippen molar-refractivity contribution in [2.45, 2.75) is 36.6 Å².